The van der Waals surface area contributed by atoms with Crippen LogP contribution in [0, 0.1) is 20.2 Å². The quantitative estimate of drug-likeness (QED) is 0.368. The third-order valence-corrected chi connectivity index (χ3v) is 3.09. The second-order valence-electron chi connectivity index (χ2n) is 4.81. The standard InChI is InChI=1S/C16H16N2O7/c19-17(20)13-1-5-15(6-2-13)24-11-9-23-10-12-25-16-7-3-14(4-8-16)18(21)22/h1-8H,9-12H2. The van der Waals surface area contributed by atoms with Crippen molar-refractivity contribution >= 4 is 11.4 Å². The van der Waals surface area contributed by atoms with Crippen molar-refractivity contribution in [1.82, 2.24) is 0 Å². The summed E-state index contributed by atoms with van der Waals surface area (Å²) in [6.45, 7) is 1.27. The summed E-state index contributed by atoms with van der Waals surface area (Å²) in [5.41, 5.74) is 0.0129. The van der Waals surface area contributed by atoms with Gasteiger partial charge in [-0.05, 0) is 24.3 Å². The maximum absolute atomic E-state index is 10.5. The number of nitro groups is 2. The summed E-state index contributed by atoms with van der Waals surface area (Å²) in [7, 11) is 0. The van der Waals surface area contributed by atoms with E-state index in [2.05, 4.69) is 0 Å². The Morgan fingerprint density at radius 3 is 1.32 bits per heavy atom. The van der Waals surface area contributed by atoms with Crippen molar-refractivity contribution in [3.05, 3.63) is 68.8 Å². The summed E-state index contributed by atoms with van der Waals surface area (Å²) in [5, 5.41) is 21.0. The van der Waals surface area contributed by atoms with Crippen LogP contribution in [0.2, 0.25) is 0 Å². The third kappa shape index (κ3) is 6.07. The lowest BCUT2D eigenvalue weighted by atomic mass is 10.3. The van der Waals surface area contributed by atoms with E-state index in [1.165, 1.54) is 48.5 Å². The van der Waals surface area contributed by atoms with Crippen molar-refractivity contribution in [1.29, 1.82) is 0 Å². The van der Waals surface area contributed by atoms with Gasteiger partial charge in [-0.2, -0.15) is 0 Å². The first kappa shape index (κ1) is 18.1. The molecule has 2 rings (SSSR count). The molecule has 0 radical (unpaired) electrons. The highest BCUT2D eigenvalue weighted by Crippen LogP contribution is 2.18. The van der Waals surface area contributed by atoms with E-state index in [4.69, 9.17) is 14.2 Å². The molecule has 132 valence electrons. The summed E-state index contributed by atoms with van der Waals surface area (Å²) >= 11 is 0. The average Bonchev–Trinajstić information content (AvgIpc) is 2.61. The van der Waals surface area contributed by atoms with Crippen molar-refractivity contribution < 1.29 is 24.1 Å². The summed E-state index contributed by atoms with van der Waals surface area (Å²) in [6.07, 6.45) is 0. The molecule has 0 fully saturated rings. The molecule has 0 N–H and O–H groups in total. The molecule has 9 nitrogen and oxygen atoms in total. The minimum absolute atomic E-state index is 0.00647. The number of ether oxygens (including phenoxy) is 3. The first-order valence-electron chi connectivity index (χ1n) is 7.38. The van der Waals surface area contributed by atoms with Crippen LogP contribution < -0.4 is 9.47 Å². The normalized spacial score (nSPS) is 10.2. The van der Waals surface area contributed by atoms with E-state index in [-0.39, 0.29) is 11.4 Å². The lowest BCUT2D eigenvalue weighted by Crippen LogP contribution is -2.12. The molecule has 9 heteroatoms. The van der Waals surface area contributed by atoms with Crippen LogP contribution in [0.4, 0.5) is 11.4 Å². The Bertz CT molecular complexity index is 640. The third-order valence-electron chi connectivity index (χ3n) is 3.09. The molecule has 0 unspecified atom stereocenters. The SMILES string of the molecule is O=[N+]([O-])c1ccc(OCCOCCOc2ccc([N+](=O)[O-])cc2)cc1. The number of nitrogens with zero attached hydrogens (tertiary/aromatic N) is 2. The molecule has 0 heterocycles. The highest BCUT2D eigenvalue weighted by atomic mass is 16.6. The fourth-order valence-corrected chi connectivity index (χ4v) is 1.87. The summed E-state index contributed by atoms with van der Waals surface area (Å²) in [6, 6.07) is 11.6. The van der Waals surface area contributed by atoms with Crippen molar-refractivity contribution in [3.8, 4) is 11.5 Å². The number of non-ortho nitro benzene ring substituents is 2. The molecule has 0 aromatic heterocycles. The van der Waals surface area contributed by atoms with Gasteiger partial charge in [-0.3, -0.25) is 20.2 Å². The largest absolute Gasteiger partial charge is 0.491 e. The Kier molecular flexibility index (Phi) is 6.66. The number of benzene rings is 2. The summed E-state index contributed by atoms with van der Waals surface area (Å²) in [4.78, 5) is 20.1. The zero-order valence-corrected chi connectivity index (χ0v) is 13.2. The Labute approximate surface area is 143 Å². The molecule has 0 saturated heterocycles. The van der Waals surface area contributed by atoms with Gasteiger partial charge in [0.05, 0.1) is 23.1 Å². The van der Waals surface area contributed by atoms with Crippen molar-refractivity contribution in [3.63, 3.8) is 0 Å². The Balaban J connectivity index is 1.57. The van der Waals surface area contributed by atoms with E-state index in [1.54, 1.807) is 0 Å². The van der Waals surface area contributed by atoms with E-state index in [0.29, 0.717) is 37.9 Å². The number of hydrogen-bond donors (Lipinski definition) is 0. The average molecular weight is 348 g/mol. The van der Waals surface area contributed by atoms with Crippen LogP contribution in [0.5, 0.6) is 11.5 Å². The molecule has 0 bridgehead atoms. The van der Waals surface area contributed by atoms with Crippen LogP contribution in [0.3, 0.4) is 0 Å². The lowest BCUT2D eigenvalue weighted by Gasteiger charge is -2.08. The van der Waals surface area contributed by atoms with E-state index in [0.717, 1.165) is 0 Å². The first-order chi connectivity index (χ1) is 12.1. The zero-order chi connectivity index (χ0) is 18.1. The Morgan fingerprint density at radius 1 is 0.640 bits per heavy atom. The molecular formula is C16H16N2O7. The predicted octanol–water partition coefficient (Wildman–Crippen LogP) is 2.98. The first-order valence-corrected chi connectivity index (χ1v) is 7.38. The molecule has 25 heavy (non-hydrogen) atoms. The molecule has 0 aliphatic carbocycles. The molecule has 2 aromatic carbocycles. The Morgan fingerprint density at radius 2 is 1.00 bits per heavy atom. The summed E-state index contributed by atoms with van der Waals surface area (Å²) < 4.78 is 16.1. The molecule has 0 amide bonds. The highest BCUT2D eigenvalue weighted by Gasteiger charge is 2.05. The van der Waals surface area contributed by atoms with Crippen molar-refractivity contribution in [2.24, 2.45) is 0 Å². The van der Waals surface area contributed by atoms with E-state index < -0.39 is 9.85 Å². The van der Waals surface area contributed by atoms with Gasteiger partial charge in [0.15, 0.2) is 0 Å². The molecule has 0 saturated carbocycles. The minimum atomic E-state index is -0.474. The van der Waals surface area contributed by atoms with Gasteiger partial charge in [0.25, 0.3) is 11.4 Å². The van der Waals surface area contributed by atoms with Gasteiger partial charge in [0.1, 0.15) is 24.7 Å². The Hall–Kier alpha value is -3.20. The highest BCUT2D eigenvalue weighted by molar-refractivity contribution is 5.36. The number of hydrogen-bond acceptors (Lipinski definition) is 7. The lowest BCUT2D eigenvalue weighted by molar-refractivity contribution is -0.385. The van der Waals surface area contributed by atoms with Crippen LogP contribution in [0.1, 0.15) is 0 Å². The summed E-state index contributed by atoms with van der Waals surface area (Å²) in [5.74, 6) is 1.05. The molecule has 0 spiro atoms. The monoisotopic (exact) mass is 348 g/mol. The van der Waals surface area contributed by atoms with Gasteiger partial charge in [0.2, 0.25) is 0 Å². The van der Waals surface area contributed by atoms with Gasteiger partial charge in [-0.15, -0.1) is 0 Å². The topological polar surface area (TPSA) is 114 Å². The van der Waals surface area contributed by atoms with E-state index in [1.807, 2.05) is 0 Å². The van der Waals surface area contributed by atoms with Crippen molar-refractivity contribution in [2.45, 2.75) is 0 Å². The van der Waals surface area contributed by atoms with Gasteiger partial charge in [0, 0.05) is 24.3 Å². The fraction of sp³-hybridized carbons (Fsp3) is 0.250. The fourth-order valence-electron chi connectivity index (χ4n) is 1.87. The van der Waals surface area contributed by atoms with Crippen LogP contribution in [-0.4, -0.2) is 36.3 Å². The van der Waals surface area contributed by atoms with Gasteiger partial charge in [-0.1, -0.05) is 0 Å². The van der Waals surface area contributed by atoms with Gasteiger partial charge >= 0.3 is 0 Å². The second kappa shape index (κ2) is 9.18. The smallest absolute Gasteiger partial charge is 0.269 e. The molecule has 0 aliphatic rings. The minimum Gasteiger partial charge on any atom is -0.491 e. The maximum Gasteiger partial charge on any atom is 0.269 e. The maximum atomic E-state index is 10.5. The van der Waals surface area contributed by atoms with Crippen LogP contribution >= 0.6 is 0 Å². The van der Waals surface area contributed by atoms with Crippen LogP contribution in [0.15, 0.2) is 48.5 Å². The van der Waals surface area contributed by atoms with E-state index in [9.17, 15) is 20.2 Å². The molecule has 0 atom stereocenters. The van der Waals surface area contributed by atoms with Crippen molar-refractivity contribution in [2.75, 3.05) is 26.4 Å². The zero-order valence-electron chi connectivity index (χ0n) is 13.2. The van der Waals surface area contributed by atoms with Gasteiger partial charge in [-0.25, -0.2) is 0 Å². The molecule has 2 aromatic rings. The second-order valence-corrected chi connectivity index (χ2v) is 4.81. The predicted molar refractivity (Wildman–Crippen MR) is 88.0 cm³/mol. The number of rotatable bonds is 10. The number of nitro benzene ring substituents is 2. The van der Waals surface area contributed by atoms with E-state index >= 15 is 0 Å². The van der Waals surface area contributed by atoms with Gasteiger partial charge < -0.3 is 14.2 Å². The molecule has 0 aliphatic heterocycles. The van der Waals surface area contributed by atoms with Crippen LogP contribution in [-0.2, 0) is 4.74 Å². The molecular weight excluding hydrogens is 332 g/mol. The van der Waals surface area contributed by atoms with Crippen LogP contribution in [0.25, 0.3) is 0 Å².